The highest BCUT2D eigenvalue weighted by Gasteiger charge is 2.18. The average Bonchev–Trinajstić information content (AvgIpc) is 2.26. The largest absolute Gasteiger partial charge is 0.352 e. The highest BCUT2D eigenvalue weighted by Crippen LogP contribution is 2.17. The number of nitrogens with one attached hydrogen (secondary N) is 1. The first-order valence-corrected chi connectivity index (χ1v) is 5.00. The zero-order valence-corrected chi connectivity index (χ0v) is 9.02. The van der Waals surface area contributed by atoms with Crippen LogP contribution in [0.3, 0.4) is 0 Å². The molecule has 0 atom stereocenters. The van der Waals surface area contributed by atoms with E-state index in [2.05, 4.69) is 11.9 Å². The first kappa shape index (κ1) is 12.4. The molecule has 1 aromatic carbocycles. The minimum atomic E-state index is -0.872. The molecule has 0 heterocycles. The maximum Gasteiger partial charge on any atom is 0.257 e. The Morgan fingerprint density at radius 1 is 1.50 bits per heavy atom. The molecule has 0 spiro atoms. The Balaban J connectivity index is 3.11. The summed E-state index contributed by atoms with van der Waals surface area (Å²) in [5, 5.41) is 2.43. The van der Waals surface area contributed by atoms with Gasteiger partial charge in [0.15, 0.2) is 0 Å². The molecule has 86 valence electrons. The molecule has 1 N–H and O–H groups in total. The summed E-state index contributed by atoms with van der Waals surface area (Å²) in [6, 6.07) is 2.30. The Hall–Kier alpha value is -1.71. The van der Waals surface area contributed by atoms with E-state index in [0.717, 1.165) is 6.07 Å². The van der Waals surface area contributed by atoms with Crippen LogP contribution in [0.15, 0.2) is 18.7 Å². The fraction of sp³-hybridized carbons (Fsp3) is 0.250. The lowest BCUT2D eigenvalue weighted by atomic mass is 10.1. The van der Waals surface area contributed by atoms with Crippen molar-refractivity contribution in [1.82, 2.24) is 5.32 Å². The Morgan fingerprint density at radius 2 is 2.19 bits per heavy atom. The second-order valence-corrected chi connectivity index (χ2v) is 3.29. The van der Waals surface area contributed by atoms with Gasteiger partial charge in [-0.3, -0.25) is 4.79 Å². The summed E-state index contributed by atoms with van der Waals surface area (Å²) >= 11 is 0. The van der Waals surface area contributed by atoms with Crippen molar-refractivity contribution in [1.29, 1.82) is 0 Å². The topological polar surface area (TPSA) is 29.1 Å². The van der Waals surface area contributed by atoms with Gasteiger partial charge in [0, 0.05) is 12.1 Å². The monoisotopic (exact) mass is 225 g/mol. The zero-order valence-electron chi connectivity index (χ0n) is 9.02. The summed E-state index contributed by atoms with van der Waals surface area (Å²) < 4.78 is 26.9. The zero-order chi connectivity index (χ0) is 12.1. The van der Waals surface area contributed by atoms with Crippen molar-refractivity contribution in [3.05, 3.63) is 41.5 Å². The van der Waals surface area contributed by atoms with Crippen molar-refractivity contribution < 1.29 is 13.6 Å². The highest BCUT2D eigenvalue weighted by molar-refractivity contribution is 5.95. The van der Waals surface area contributed by atoms with Gasteiger partial charge in [-0.25, -0.2) is 8.78 Å². The Morgan fingerprint density at radius 3 is 2.75 bits per heavy atom. The van der Waals surface area contributed by atoms with E-state index in [1.54, 1.807) is 0 Å². The number of hydrogen-bond acceptors (Lipinski definition) is 1. The summed E-state index contributed by atoms with van der Waals surface area (Å²) in [6.45, 7) is 5.63. The van der Waals surface area contributed by atoms with Gasteiger partial charge in [-0.15, -0.1) is 0 Å². The van der Waals surface area contributed by atoms with Crippen LogP contribution in [-0.4, -0.2) is 12.5 Å². The van der Waals surface area contributed by atoms with Crippen LogP contribution in [-0.2, 0) is 0 Å². The molecule has 0 aliphatic rings. The smallest absolute Gasteiger partial charge is 0.257 e. The fourth-order valence-corrected chi connectivity index (χ4v) is 1.26. The van der Waals surface area contributed by atoms with Gasteiger partial charge in [-0.05, 0) is 18.6 Å². The Labute approximate surface area is 93.0 Å². The lowest BCUT2D eigenvalue weighted by molar-refractivity contribution is 0.0945. The molecule has 0 aromatic heterocycles. The molecular formula is C12H13F2NO. The number of rotatable bonds is 4. The van der Waals surface area contributed by atoms with E-state index >= 15 is 0 Å². The third-order valence-electron chi connectivity index (χ3n) is 2.10. The molecule has 2 nitrogen and oxygen atoms in total. The maximum atomic E-state index is 13.6. The van der Waals surface area contributed by atoms with Crippen molar-refractivity contribution in [2.45, 2.75) is 13.3 Å². The van der Waals surface area contributed by atoms with Crippen LogP contribution in [0.1, 0.15) is 29.3 Å². The summed E-state index contributed by atoms with van der Waals surface area (Å²) in [5.74, 6) is -2.47. The number of benzene rings is 1. The van der Waals surface area contributed by atoms with Crippen LogP contribution in [0.5, 0.6) is 0 Å². The first-order chi connectivity index (χ1) is 7.61. The lowest BCUT2D eigenvalue weighted by Gasteiger charge is -2.07. The van der Waals surface area contributed by atoms with Crippen molar-refractivity contribution in [2.24, 2.45) is 0 Å². The molecule has 0 aliphatic heterocycles. The van der Waals surface area contributed by atoms with Gasteiger partial charge < -0.3 is 5.32 Å². The normalized spacial score (nSPS) is 9.94. The van der Waals surface area contributed by atoms with Gasteiger partial charge in [0.2, 0.25) is 0 Å². The van der Waals surface area contributed by atoms with Crippen LogP contribution in [0.2, 0.25) is 0 Å². The summed E-state index contributed by atoms with van der Waals surface area (Å²) in [4.78, 5) is 11.5. The fourth-order valence-electron chi connectivity index (χ4n) is 1.26. The minimum absolute atomic E-state index is 0.114. The van der Waals surface area contributed by atoms with Gasteiger partial charge in [-0.1, -0.05) is 19.6 Å². The number of hydrogen-bond donors (Lipinski definition) is 1. The van der Waals surface area contributed by atoms with E-state index in [-0.39, 0.29) is 5.56 Å². The molecule has 1 amide bonds. The predicted molar refractivity (Wildman–Crippen MR) is 59.1 cm³/mol. The molecule has 0 saturated carbocycles. The van der Waals surface area contributed by atoms with Crippen molar-refractivity contribution in [3.63, 3.8) is 0 Å². The molecule has 0 aliphatic carbocycles. The van der Waals surface area contributed by atoms with Gasteiger partial charge in [0.05, 0.1) is 0 Å². The molecule has 0 unspecified atom stereocenters. The molecule has 0 radical (unpaired) electrons. The van der Waals surface area contributed by atoms with Crippen LogP contribution in [0.4, 0.5) is 8.78 Å². The first-order valence-electron chi connectivity index (χ1n) is 5.00. The van der Waals surface area contributed by atoms with Gasteiger partial charge in [0.1, 0.15) is 17.2 Å². The highest BCUT2D eigenvalue weighted by atomic mass is 19.1. The number of halogens is 2. The maximum absolute atomic E-state index is 13.6. The third kappa shape index (κ3) is 2.45. The predicted octanol–water partition coefficient (Wildman–Crippen LogP) is 2.75. The molecule has 0 bridgehead atoms. The molecular weight excluding hydrogens is 212 g/mol. The summed E-state index contributed by atoms with van der Waals surface area (Å²) in [7, 11) is 0. The lowest BCUT2D eigenvalue weighted by Crippen LogP contribution is -2.26. The van der Waals surface area contributed by atoms with Crippen molar-refractivity contribution >= 4 is 12.0 Å². The molecule has 16 heavy (non-hydrogen) atoms. The number of amides is 1. The van der Waals surface area contributed by atoms with E-state index in [1.807, 2.05) is 6.92 Å². The minimum Gasteiger partial charge on any atom is -0.352 e. The average molecular weight is 225 g/mol. The quantitative estimate of drug-likeness (QED) is 0.838. The third-order valence-corrected chi connectivity index (χ3v) is 2.10. The number of carbonyl (C=O) groups is 1. The van der Waals surface area contributed by atoms with Crippen LogP contribution in [0.25, 0.3) is 6.08 Å². The van der Waals surface area contributed by atoms with E-state index in [0.29, 0.717) is 13.0 Å². The molecule has 0 saturated heterocycles. The van der Waals surface area contributed by atoms with Gasteiger partial charge in [-0.2, -0.15) is 0 Å². The molecule has 4 heteroatoms. The standard InChI is InChI=1S/C12H13F2NO/c1-3-7-15-12(16)10-9(13)6-5-8(4-2)11(10)14/h4-6H,2-3,7H2,1H3,(H,15,16). The van der Waals surface area contributed by atoms with Crippen molar-refractivity contribution in [2.75, 3.05) is 6.54 Å². The van der Waals surface area contributed by atoms with Crippen LogP contribution in [0, 0.1) is 11.6 Å². The van der Waals surface area contributed by atoms with Crippen molar-refractivity contribution in [3.8, 4) is 0 Å². The molecule has 1 aromatic rings. The molecule has 1 rings (SSSR count). The SMILES string of the molecule is C=Cc1ccc(F)c(C(=O)NCCC)c1F. The van der Waals surface area contributed by atoms with Gasteiger partial charge >= 0.3 is 0 Å². The van der Waals surface area contributed by atoms with Gasteiger partial charge in [0.25, 0.3) is 5.91 Å². The number of carbonyl (C=O) groups excluding carboxylic acids is 1. The van der Waals surface area contributed by atoms with Crippen LogP contribution >= 0.6 is 0 Å². The van der Waals surface area contributed by atoms with E-state index < -0.39 is 23.1 Å². The second kappa shape index (κ2) is 5.39. The Kier molecular flexibility index (Phi) is 4.17. The van der Waals surface area contributed by atoms with Crippen LogP contribution < -0.4 is 5.32 Å². The second-order valence-electron chi connectivity index (χ2n) is 3.29. The Bertz CT molecular complexity index is 416. The summed E-state index contributed by atoms with van der Waals surface area (Å²) in [6.07, 6.45) is 1.95. The molecule has 0 fully saturated rings. The van der Waals surface area contributed by atoms with E-state index in [4.69, 9.17) is 0 Å². The van der Waals surface area contributed by atoms with E-state index in [9.17, 15) is 13.6 Å². The van der Waals surface area contributed by atoms with E-state index in [1.165, 1.54) is 12.1 Å². The summed E-state index contributed by atoms with van der Waals surface area (Å²) in [5.41, 5.74) is -0.436.